The Bertz CT molecular complexity index is 427. The standard InChI is InChI=1S/C11H10BrNO2/c12-8-2-3-10-9(6-8)11(14,7-13)4-1-5-15-10/h2-3,6,14H,1,4-5H2. The Hall–Kier alpha value is -1.05. The Labute approximate surface area is 96.4 Å². The lowest BCUT2D eigenvalue weighted by Crippen LogP contribution is -2.22. The Morgan fingerprint density at radius 2 is 2.33 bits per heavy atom. The molecular weight excluding hydrogens is 258 g/mol. The minimum absolute atomic E-state index is 0.410. The summed E-state index contributed by atoms with van der Waals surface area (Å²) >= 11 is 3.32. The zero-order valence-corrected chi connectivity index (χ0v) is 9.62. The van der Waals surface area contributed by atoms with Crippen LogP contribution >= 0.6 is 15.9 Å². The summed E-state index contributed by atoms with van der Waals surface area (Å²) in [6.07, 6.45) is 1.09. The number of aliphatic hydroxyl groups is 1. The number of rotatable bonds is 0. The molecule has 0 fully saturated rings. The quantitative estimate of drug-likeness (QED) is 0.735. The third kappa shape index (κ3) is 1.85. The molecule has 0 amide bonds. The van der Waals surface area contributed by atoms with Gasteiger partial charge in [0.1, 0.15) is 11.8 Å². The lowest BCUT2D eigenvalue weighted by atomic mass is 9.91. The molecule has 0 radical (unpaired) electrons. The highest BCUT2D eigenvalue weighted by molar-refractivity contribution is 9.10. The van der Waals surface area contributed by atoms with Crippen LogP contribution in [0.3, 0.4) is 0 Å². The van der Waals surface area contributed by atoms with Crippen LogP contribution < -0.4 is 4.74 Å². The molecule has 0 saturated heterocycles. The second-order valence-corrected chi connectivity index (χ2v) is 4.48. The smallest absolute Gasteiger partial charge is 0.180 e. The average molecular weight is 268 g/mol. The van der Waals surface area contributed by atoms with E-state index in [4.69, 9.17) is 10.00 Å². The maximum Gasteiger partial charge on any atom is 0.180 e. The topological polar surface area (TPSA) is 53.2 Å². The van der Waals surface area contributed by atoms with Crippen molar-refractivity contribution in [3.63, 3.8) is 0 Å². The van der Waals surface area contributed by atoms with Crippen molar-refractivity contribution >= 4 is 15.9 Å². The summed E-state index contributed by atoms with van der Waals surface area (Å²) in [5.74, 6) is 0.597. The van der Waals surface area contributed by atoms with E-state index < -0.39 is 5.60 Å². The molecule has 1 unspecified atom stereocenters. The molecule has 0 spiro atoms. The van der Waals surface area contributed by atoms with E-state index in [1.807, 2.05) is 12.1 Å². The van der Waals surface area contributed by atoms with E-state index in [9.17, 15) is 5.11 Å². The summed E-state index contributed by atoms with van der Waals surface area (Å²) in [4.78, 5) is 0. The van der Waals surface area contributed by atoms with Crippen molar-refractivity contribution in [1.29, 1.82) is 5.26 Å². The van der Waals surface area contributed by atoms with Crippen LogP contribution in [0, 0.1) is 11.3 Å². The summed E-state index contributed by atoms with van der Waals surface area (Å²) in [5.41, 5.74) is -0.868. The zero-order valence-electron chi connectivity index (χ0n) is 8.03. The first-order valence-electron chi connectivity index (χ1n) is 4.72. The third-order valence-corrected chi connectivity index (χ3v) is 3.01. The van der Waals surface area contributed by atoms with Crippen LogP contribution in [0.4, 0.5) is 0 Å². The molecule has 1 N–H and O–H groups in total. The Morgan fingerprint density at radius 1 is 1.53 bits per heavy atom. The van der Waals surface area contributed by atoms with Gasteiger partial charge in [-0.25, -0.2) is 0 Å². The molecule has 1 aliphatic heterocycles. The fraction of sp³-hybridized carbons (Fsp3) is 0.364. The summed E-state index contributed by atoms with van der Waals surface area (Å²) in [6.45, 7) is 0.540. The lowest BCUT2D eigenvalue weighted by Gasteiger charge is -2.19. The molecule has 1 aromatic rings. The molecule has 0 aromatic heterocycles. The molecule has 1 atom stereocenters. The normalized spacial score (nSPS) is 24.6. The number of halogens is 1. The number of fused-ring (bicyclic) bond motifs is 1. The molecule has 1 aliphatic rings. The number of ether oxygens (including phenoxy) is 1. The van der Waals surface area contributed by atoms with E-state index >= 15 is 0 Å². The van der Waals surface area contributed by atoms with E-state index in [0.717, 1.165) is 4.47 Å². The average Bonchev–Trinajstić information content (AvgIpc) is 2.40. The molecule has 0 aliphatic carbocycles. The van der Waals surface area contributed by atoms with E-state index in [1.165, 1.54) is 0 Å². The monoisotopic (exact) mass is 267 g/mol. The van der Waals surface area contributed by atoms with Crippen LogP contribution in [0.25, 0.3) is 0 Å². The second-order valence-electron chi connectivity index (χ2n) is 3.56. The van der Waals surface area contributed by atoms with Gasteiger partial charge < -0.3 is 9.84 Å². The summed E-state index contributed by atoms with van der Waals surface area (Å²) in [7, 11) is 0. The van der Waals surface area contributed by atoms with Crippen molar-refractivity contribution in [2.45, 2.75) is 18.4 Å². The predicted molar refractivity (Wildman–Crippen MR) is 58.4 cm³/mol. The molecule has 0 saturated carbocycles. The zero-order chi connectivity index (χ0) is 10.9. The number of nitrogens with zero attached hydrogens (tertiary/aromatic N) is 1. The van der Waals surface area contributed by atoms with Crippen LogP contribution in [0.5, 0.6) is 5.75 Å². The molecule has 2 rings (SSSR count). The fourth-order valence-electron chi connectivity index (χ4n) is 1.71. The van der Waals surface area contributed by atoms with Gasteiger partial charge in [0.05, 0.1) is 6.61 Å². The van der Waals surface area contributed by atoms with Gasteiger partial charge in [-0.15, -0.1) is 0 Å². The molecule has 1 heterocycles. The highest BCUT2D eigenvalue weighted by Crippen LogP contribution is 2.37. The van der Waals surface area contributed by atoms with Crippen molar-refractivity contribution in [3.05, 3.63) is 28.2 Å². The van der Waals surface area contributed by atoms with Crippen LogP contribution in [0.15, 0.2) is 22.7 Å². The van der Waals surface area contributed by atoms with Gasteiger partial charge in [-0.1, -0.05) is 15.9 Å². The van der Waals surface area contributed by atoms with Crippen molar-refractivity contribution in [1.82, 2.24) is 0 Å². The fourth-order valence-corrected chi connectivity index (χ4v) is 2.07. The van der Waals surface area contributed by atoms with Gasteiger partial charge in [0.25, 0.3) is 0 Å². The van der Waals surface area contributed by atoms with Crippen molar-refractivity contribution in [2.24, 2.45) is 0 Å². The van der Waals surface area contributed by atoms with Crippen molar-refractivity contribution < 1.29 is 9.84 Å². The van der Waals surface area contributed by atoms with Crippen molar-refractivity contribution in [3.8, 4) is 11.8 Å². The van der Waals surface area contributed by atoms with Gasteiger partial charge in [-0.2, -0.15) is 5.26 Å². The maximum absolute atomic E-state index is 10.2. The summed E-state index contributed by atoms with van der Waals surface area (Å²) < 4.78 is 6.30. The molecule has 78 valence electrons. The minimum atomic E-state index is -1.42. The molecule has 1 aromatic carbocycles. The number of nitriles is 1. The third-order valence-electron chi connectivity index (χ3n) is 2.51. The van der Waals surface area contributed by atoms with Gasteiger partial charge in [0.2, 0.25) is 0 Å². The number of hydrogen-bond donors (Lipinski definition) is 1. The Balaban J connectivity index is 2.58. The molecular formula is C11H10BrNO2. The maximum atomic E-state index is 10.2. The molecule has 0 bridgehead atoms. The summed E-state index contributed by atoms with van der Waals surface area (Å²) in [5, 5.41) is 19.2. The van der Waals surface area contributed by atoms with Gasteiger partial charge in [0.15, 0.2) is 5.60 Å². The highest BCUT2D eigenvalue weighted by Gasteiger charge is 2.34. The number of hydrogen-bond acceptors (Lipinski definition) is 3. The van der Waals surface area contributed by atoms with Gasteiger partial charge >= 0.3 is 0 Å². The molecule has 4 heteroatoms. The highest BCUT2D eigenvalue weighted by atomic mass is 79.9. The largest absolute Gasteiger partial charge is 0.493 e. The van der Waals surface area contributed by atoms with Gasteiger partial charge in [-0.3, -0.25) is 0 Å². The second kappa shape index (κ2) is 3.84. The van der Waals surface area contributed by atoms with E-state index in [2.05, 4.69) is 15.9 Å². The molecule has 3 nitrogen and oxygen atoms in total. The van der Waals surface area contributed by atoms with Gasteiger partial charge in [0, 0.05) is 10.0 Å². The first kappa shape index (κ1) is 10.5. The Morgan fingerprint density at radius 3 is 3.07 bits per heavy atom. The van der Waals surface area contributed by atoms with Crippen molar-refractivity contribution in [2.75, 3.05) is 6.61 Å². The SMILES string of the molecule is N#CC1(O)CCCOc2ccc(Br)cc21. The molecule has 15 heavy (non-hydrogen) atoms. The minimum Gasteiger partial charge on any atom is -0.493 e. The predicted octanol–water partition coefficient (Wildman–Crippen LogP) is 2.33. The van der Waals surface area contributed by atoms with Gasteiger partial charge in [-0.05, 0) is 31.0 Å². The van der Waals surface area contributed by atoms with Crippen LogP contribution in [-0.4, -0.2) is 11.7 Å². The number of benzene rings is 1. The first-order valence-corrected chi connectivity index (χ1v) is 5.51. The van der Waals surface area contributed by atoms with Crippen LogP contribution in [0.2, 0.25) is 0 Å². The van der Waals surface area contributed by atoms with Crippen LogP contribution in [-0.2, 0) is 5.60 Å². The van der Waals surface area contributed by atoms with Crippen LogP contribution in [0.1, 0.15) is 18.4 Å². The first-order chi connectivity index (χ1) is 7.15. The van der Waals surface area contributed by atoms with E-state index in [0.29, 0.717) is 30.8 Å². The Kier molecular flexibility index (Phi) is 2.68. The van der Waals surface area contributed by atoms with E-state index in [1.54, 1.807) is 12.1 Å². The lowest BCUT2D eigenvalue weighted by molar-refractivity contribution is 0.0884. The van der Waals surface area contributed by atoms with E-state index in [-0.39, 0.29) is 0 Å². The summed E-state index contributed by atoms with van der Waals surface area (Å²) in [6, 6.07) is 7.30.